The van der Waals surface area contributed by atoms with Crippen LogP contribution in [0.3, 0.4) is 0 Å². The summed E-state index contributed by atoms with van der Waals surface area (Å²) in [7, 11) is 0. The molecule has 2 heteroatoms. The molecule has 1 heterocycles. The van der Waals surface area contributed by atoms with Crippen molar-refractivity contribution >= 4 is 0 Å². The fraction of sp³-hybridized carbons (Fsp3) is 0.444. The largest absolute Gasteiger partial charge is 0.388 e. The number of nitrogens with zero attached hydrogens (tertiary/aromatic N) is 1. The van der Waals surface area contributed by atoms with E-state index in [4.69, 9.17) is 0 Å². The molecule has 1 unspecified atom stereocenters. The molecule has 0 bridgehead atoms. The second-order valence-corrected chi connectivity index (χ2v) is 2.65. The van der Waals surface area contributed by atoms with Crippen molar-refractivity contribution in [2.24, 2.45) is 0 Å². The maximum atomic E-state index is 9.43. The number of hydrogen-bond acceptors (Lipinski definition) is 2. The molecule has 0 saturated carbocycles. The Morgan fingerprint density at radius 2 is 2.36 bits per heavy atom. The summed E-state index contributed by atoms with van der Waals surface area (Å²) in [6.07, 6.45) is 2.14. The maximum absolute atomic E-state index is 9.43. The molecule has 0 fully saturated rings. The van der Waals surface area contributed by atoms with E-state index in [0.29, 0.717) is 0 Å². The Morgan fingerprint density at radius 1 is 1.64 bits per heavy atom. The first-order valence-electron chi connectivity index (χ1n) is 3.84. The number of pyridine rings is 1. The smallest absolute Gasteiger partial charge is 0.0788 e. The van der Waals surface area contributed by atoms with Gasteiger partial charge in [-0.15, -0.1) is 0 Å². The topological polar surface area (TPSA) is 33.1 Å². The van der Waals surface area contributed by atoms with Crippen LogP contribution in [0, 0.1) is 6.92 Å². The van der Waals surface area contributed by atoms with Gasteiger partial charge in [0.1, 0.15) is 0 Å². The molecule has 1 N–H and O–H groups in total. The number of aliphatic hydroxyl groups is 1. The van der Waals surface area contributed by atoms with E-state index >= 15 is 0 Å². The van der Waals surface area contributed by atoms with E-state index in [9.17, 15) is 5.11 Å². The Kier molecular flexibility index (Phi) is 2.60. The van der Waals surface area contributed by atoms with Gasteiger partial charge in [0.25, 0.3) is 0 Å². The fourth-order valence-electron chi connectivity index (χ4n) is 1.01. The van der Waals surface area contributed by atoms with Crippen LogP contribution in [0.5, 0.6) is 0 Å². The molecule has 1 rings (SSSR count). The normalized spacial score (nSPS) is 13.0. The summed E-state index contributed by atoms with van der Waals surface area (Å²) in [5.41, 5.74) is 1.91. The van der Waals surface area contributed by atoms with E-state index in [1.807, 2.05) is 26.0 Å². The highest BCUT2D eigenvalue weighted by molar-refractivity contribution is 5.17. The molecule has 0 aliphatic heterocycles. The molecule has 1 aromatic heterocycles. The van der Waals surface area contributed by atoms with Gasteiger partial charge in [-0.2, -0.15) is 0 Å². The van der Waals surface area contributed by atoms with Crippen molar-refractivity contribution in [1.82, 2.24) is 4.98 Å². The second kappa shape index (κ2) is 3.49. The average molecular weight is 151 g/mol. The Hall–Kier alpha value is -0.890. The lowest BCUT2D eigenvalue weighted by Gasteiger charge is -2.07. The summed E-state index contributed by atoms with van der Waals surface area (Å²) in [6.45, 7) is 3.88. The minimum atomic E-state index is -0.336. The molecule has 11 heavy (non-hydrogen) atoms. The summed E-state index contributed by atoms with van der Waals surface area (Å²) < 4.78 is 0. The van der Waals surface area contributed by atoms with Gasteiger partial charge >= 0.3 is 0 Å². The van der Waals surface area contributed by atoms with Crippen molar-refractivity contribution in [1.29, 1.82) is 0 Å². The molecular formula is C9H13NO. The number of aryl methyl sites for hydroxylation is 1. The summed E-state index contributed by atoms with van der Waals surface area (Å²) >= 11 is 0. The van der Waals surface area contributed by atoms with Gasteiger partial charge < -0.3 is 5.11 Å². The molecule has 0 saturated heterocycles. The van der Waals surface area contributed by atoms with Gasteiger partial charge in [0.2, 0.25) is 0 Å². The first kappa shape index (κ1) is 8.21. The van der Waals surface area contributed by atoms with Gasteiger partial charge in [-0.1, -0.05) is 6.92 Å². The first-order chi connectivity index (χ1) is 5.24. The van der Waals surface area contributed by atoms with E-state index in [1.54, 1.807) is 6.20 Å². The van der Waals surface area contributed by atoms with Gasteiger partial charge in [-0.25, -0.2) is 0 Å². The van der Waals surface area contributed by atoms with Crippen LogP contribution in [-0.2, 0) is 0 Å². The SMILES string of the molecule is CCC(O)c1ccnc(C)c1. The molecule has 1 atom stereocenters. The highest BCUT2D eigenvalue weighted by Gasteiger charge is 2.03. The summed E-state index contributed by atoms with van der Waals surface area (Å²) in [6, 6.07) is 3.76. The van der Waals surface area contributed by atoms with Gasteiger partial charge in [0, 0.05) is 11.9 Å². The van der Waals surface area contributed by atoms with Crippen LogP contribution in [0.15, 0.2) is 18.3 Å². The number of hydrogen-bond donors (Lipinski definition) is 1. The zero-order valence-corrected chi connectivity index (χ0v) is 6.91. The van der Waals surface area contributed by atoms with Crippen molar-refractivity contribution in [2.75, 3.05) is 0 Å². The average Bonchev–Trinajstić information content (AvgIpc) is 2.03. The molecular weight excluding hydrogens is 138 g/mol. The quantitative estimate of drug-likeness (QED) is 0.699. The Bertz CT molecular complexity index is 235. The number of aliphatic hydroxyl groups excluding tert-OH is 1. The van der Waals surface area contributed by atoms with Crippen LogP contribution in [0.2, 0.25) is 0 Å². The zero-order valence-electron chi connectivity index (χ0n) is 6.91. The standard InChI is InChI=1S/C9H13NO/c1-3-9(11)8-4-5-10-7(2)6-8/h4-6,9,11H,3H2,1-2H3. The molecule has 0 aliphatic rings. The fourth-order valence-corrected chi connectivity index (χ4v) is 1.01. The Morgan fingerprint density at radius 3 is 2.91 bits per heavy atom. The minimum Gasteiger partial charge on any atom is -0.388 e. The second-order valence-electron chi connectivity index (χ2n) is 2.65. The van der Waals surface area contributed by atoms with Crippen molar-refractivity contribution in [3.05, 3.63) is 29.6 Å². The van der Waals surface area contributed by atoms with Crippen LogP contribution in [0.25, 0.3) is 0 Å². The predicted molar refractivity (Wildman–Crippen MR) is 44.2 cm³/mol. The highest BCUT2D eigenvalue weighted by atomic mass is 16.3. The molecule has 60 valence electrons. The van der Waals surface area contributed by atoms with E-state index in [-0.39, 0.29) is 6.10 Å². The van der Waals surface area contributed by atoms with E-state index in [0.717, 1.165) is 17.7 Å². The third-order valence-corrected chi connectivity index (χ3v) is 1.69. The molecule has 0 aliphatic carbocycles. The Labute approximate surface area is 66.9 Å². The van der Waals surface area contributed by atoms with Gasteiger partial charge in [-0.3, -0.25) is 4.98 Å². The highest BCUT2D eigenvalue weighted by Crippen LogP contribution is 2.15. The maximum Gasteiger partial charge on any atom is 0.0788 e. The van der Waals surface area contributed by atoms with Crippen LogP contribution >= 0.6 is 0 Å². The molecule has 2 nitrogen and oxygen atoms in total. The third kappa shape index (κ3) is 2.02. The van der Waals surface area contributed by atoms with Gasteiger partial charge in [0.15, 0.2) is 0 Å². The summed E-state index contributed by atoms with van der Waals surface area (Å²) in [5, 5.41) is 9.43. The monoisotopic (exact) mass is 151 g/mol. The van der Waals surface area contributed by atoms with Crippen molar-refractivity contribution in [2.45, 2.75) is 26.4 Å². The van der Waals surface area contributed by atoms with Crippen molar-refractivity contribution in [3.8, 4) is 0 Å². The van der Waals surface area contributed by atoms with E-state index in [2.05, 4.69) is 4.98 Å². The molecule has 0 spiro atoms. The lowest BCUT2D eigenvalue weighted by Crippen LogP contribution is -1.95. The van der Waals surface area contributed by atoms with Crippen LogP contribution < -0.4 is 0 Å². The van der Waals surface area contributed by atoms with Crippen molar-refractivity contribution < 1.29 is 5.11 Å². The number of rotatable bonds is 2. The Balaban J connectivity index is 2.86. The lowest BCUT2D eigenvalue weighted by molar-refractivity contribution is 0.173. The third-order valence-electron chi connectivity index (χ3n) is 1.69. The lowest BCUT2D eigenvalue weighted by atomic mass is 10.1. The van der Waals surface area contributed by atoms with Gasteiger partial charge in [-0.05, 0) is 31.0 Å². The van der Waals surface area contributed by atoms with Crippen LogP contribution in [0.4, 0.5) is 0 Å². The zero-order chi connectivity index (χ0) is 8.27. The summed E-state index contributed by atoms with van der Waals surface area (Å²) in [4.78, 5) is 4.05. The number of aromatic nitrogens is 1. The molecule has 0 aromatic carbocycles. The van der Waals surface area contributed by atoms with E-state index < -0.39 is 0 Å². The minimum absolute atomic E-state index is 0.336. The van der Waals surface area contributed by atoms with Crippen LogP contribution in [-0.4, -0.2) is 10.1 Å². The molecule has 0 amide bonds. The van der Waals surface area contributed by atoms with Crippen molar-refractivity contribution in [3.63, 3.8) is 0 Å². The molecule has 0 radical (unpaired) electrons. The van der Waals surface area contributed by atoms with Crippen LogP contribution in [0.1, 0.15) is 30.7 Å². The van der Waals surface area contributed by atoms with E-state index in [1.165, 1.54) is 0 Å². The summed E-state index contributed by atoms with van der Waals surface area (Å²) in [5.74, 6) is 0. The van der Waals surface area contributed by atoms with Gasteiger partial charge in [0.05, 0.1) is 6.10 Å². The predicted octanol–water partition coefficient (Wildman–Crippen LogP) is 1.83. The first-order valence-corrected chi connectivity index (χ1v) is 3.84. The molecule has 1 aromatic rings.